The lowest BCUT2D eigenvalue weighted by Crippen LogP contribution is -2.55. The maximum Gasteiger partial charge on any atom is 0.272 e. The summed E-state index contributed by atoms with van der Waals surface area (Å²) in [6, 6.07) is 11.0. The topological polar surface area (TPSA) is 59.0 Å². The molecule has 2 N–H and O–H groups in total. The van der Waals surface area contributed by atoms with Crippen LogP contribution in [0.25, 0.3) is 16.9 Å². The van der Waals surface area contributed by atoms with E-state index in [-0.39, 0.29) is 5.91 Å². The quantitative estimate of drug-likeness (QED) is 0.278. The Kier molecular flexibility index (Phi) is 7.43. The van der Waals surface area contributed by atoms with Crippen LogP contribution < -0.4 is 10.6 Å². The second-order valence-electron chi connectivity index (χ2n) is 11.1. The van der Waals surface area contributed by atoms with Crippen LogP contribution in [0, 0.1) is 30.6 Å². The standard InChI is InChI=1S/C29H30Cl4N4O/c1-15-26(29(38)35-7-6-34-27-18-9-16-8-17(11-18)12-19(27)10-16)36-37(25-5-3-21(31)14-24(25)33)28(15)22-4-2-20(30)13-23(22)32/h2-5,13-14,16-19,27,34H,6-12H2,1H3,(H,35,38). The number of carbonyl (C=O) groups excluding carboxylic acids is 1. The fraction of sp³-hybridized carbons (Fsp3) is 0.448. The summed E-state index contributed by atoms with van der Waals surface area (Å²) in [6.45, 7) is 3.15. The Labute approximate surface area is 243 Å². The van der Waals surface area contributed by atoms with Crippen LogP contribution in [0.15, 0.2) is 36.4 Å². The van der Waals surface area contributed by atoms with Crippen LogP contribution in [0.3, 0.4) is 0 Å². The molecular formula is C29H30Cl4N4O. The van der Waals surface area contributed by atoms with Gasteiger partial charge < -0.3 is 10.6 Å². The van der Waals surface area contributed by atoms with E-state index in [0.717, 1.165) is 30.2 Å². The highest BCUT2D eigenvalue weighted by Gasteiger charge is 2.47. The molecule has 0 spiro atoms. The molecule has 2 aromatic carbocycles. The Morgan fingerprint density at radius 3 is 2.16 bits per heavy atom. The Bertz CT molecular complexity index is 1360. The van der Waals surface area contributed by atoms with Gasteiger partial charge in [0.25, 0.3) is 5.91 Å². The first-order valence-corrected chi connectivity index (χ1v) is 14.8. The molecule has 0 saturated heterocycles. The van der Waals surface area contributed by atoms with Crippen LogP contribution >= 0.6 is 46.4 Å². The second-order valence-corrected chi connectivity index (χ2v) is 12.8. The highest BCUT2D eigenvalue weighted by Crippen LogP contribution is 2.53. The van der Waals surface area contributed by atoms with E-state index in [1.54, 1.807) is 35.0 Å². The van der Waals surface area contributed by atoms with Crippen LogP contribution in [0.2, 0.25) is 20.1 Å². The lowest BCUT2D eigenvalue weighted by Gasteiger charge is -2.54. The van der Waals surface area contributed by atoms with Gasteiger partial charge in [-0.2, -0.15) is 5.10 Å². The van der Waals surface area contributed by atoms with E-state index in [1.807, 2.05) is 13.0 Å². The minimum atomic E-state index is -0.232. The summed E-state index contributed by atoms with van der Waals surface area (Å²) in [6.07, 6.45) is 6.94. The molecule has 4 bridgehead atoms. The second kappa shape index (κ2) is 10.7. The number of benzene rings is 2. The van der Waals surface area contributed by atoms with Crippen molar-refractivity contribution in [1.82, 2.24) is 20.4 Å². The lowest BCUT2D eigenvalue weighted by atomic mass is 9.54. The number of rotatable bonds is 7. The lowest BCUT2D eigenvalue weighted by molar-refractivity contribution is -0.0133. The van der Waals surface area contributed by atoms with E-state index in [9.17, 15) is 4.79 Å². The molecule has 0 aliphatic heterocycles. The van der Waals surface area contributed by atoms with Crippen molar-refractivity contribution in [1.29, 1.82) is 0 Å². The van der Waals surface area contributed by atoms with Crippen molar-refractivity contribution in [3.63, 3.8) is 0 Å². The molecule has 0 radical (unpaired) electrons. The molecule has 200 valence electrons. The van der Waals surface area contributed by atoms with Crippen molar-refractivity contribution in [3.8, 4) is 16.9 Å². The molecule has 4 fully saturated rings. The van der Waals surface area contributed by atoms with E-state index in [0.29, 0.717) is 60.9 Å². The Morgan fingerprint density at radius 1 is 0.895 bits per heavy atom. The van der Waals surface area contributed by atoms with Crippen molar-refractivity contribution in [3.05, 3.63) is 67.7 Å². The molecule has 7 rings (SSSR count). The number of nitrogens with one attached hydrogen (secondary N) is 2. The Hall–Kier alpha value is -1.76. The summed E-state index contributed by atoms with van der Waals surface area (Å²) in [5, 5.41) is 13.5. The molecule has 1 amide bonds. The highest BCUT2D eigenvalue weighted by atomic mass is 35.5. The van der Waals surface area contributed by atoms with Gasteiger partial charge in [0.05, 0.1) is 21.4 Å². The SMILES string of the molecule is Cc1c(C(=O)NCCNC2C3CC4CC(C3)CC2C4)nn(-c2ccc(Cl)cc2Cl)c1-c1ccc(Cl)cc1Cl. The predicted octanol–water partition coefficient (Wildman–Crippen LogP) is 7.61. The van der Waals surface area contributed by atoms with Crippen LogP contribution in [-0.2, 0) is 0 Å². The first-order valence-electron chi connectivity index (χ1n) is 13.3. The molecule has 0 atom stereocenters. The summed E-state index contributed by atoms with van der Waals surface area (Å²) in [7, 11) is 0. The first-order chi connectivity index (χ1) is 18.3. The van der Waals surface area contributed by atoms with Crippen LogP contribution in [0.4, 0.5) is 0 Å². The Morgan fingerprint density at radius 2 is 1.53 bits per heavy atom. The average molecular weight is 592 g/mol. The molecule has 1 heterocycles. The minimum Gasteiger partial charge on any atom is -0.349 e. The fourth-order valence-electron chi connectivity index (χ4n) is 7.29. The van der Waals surface area contributed by atoms with E-state index in [4.69, 9.17) is 51.5 Å². The normalized spacial score (nSPS) is 25.7. The van der Waals surface area contributed by atoms with Gasteiger partial charge in [0.2, 0.25) is 0 Å². The molecule has 1 aromatic heterocycles. The number of amides is 1. The van der Waals surface area contributed by atoms with Crippen molar-refractivity contribution < 1.29 is 4.79 Å². The smallest absolute Gasteiger partial charge is 0.272 e. The van der Waals surface area contributed by atoms with Gasteiger partial charge >= 0.3 is 0 Å². The van der Waals surface area contributed by atoms with Crippen LogP contribution in [-0.4, -0.2) is 34.8 Å². The van der Waals surface area contributed by atoms with E-state index in [1.165, 1.54) is 32.1 Å². The Balaban J connectivity index is 1.22. The monoisotopic (exact) mass is 590 g/mol. The molecule has 9 heteroatoms. The zero-order chi connectivity index (χ0) is 26.6. The van der Waals surface area contributed by atoms with Gasteiger partial charge in [-0.3, -0.25) is 4.79 Å². The van der Waals surface area contributed by atoms with Crippen molar-refractivity contribution in [2.75, 3.05) is 13.1 Å². The molecule has 4 saturated carbocycles. The summed E-state index contributed by atoms with van der Waals surface area (Å²) in [5.41, 5.74) is 3.00. The summed E-state index contributed by atoms with van der Waals surface area (Å²) in [5.74, 6) is 3.27. The summed E-state index contributed by atoms with van der Waals surface area (Å²) in [4.78, 5) is 13.3. The molecule has 38 heavy (non-hydrogen) atoms. The van der Waals surface area contributed by atoms with E-state index < -0.39 is 0 Å². The zero-order valence-electron chi connectivity index (χ0n) is 21.1. The van der Waals surface area contributed by atoms with Gasteiger partial charge in [-0.25, -0.2) is 4.68 Å². The fourth-order valence-corrected chi connectivity index (χ4v) is 8.28. The van der Waals surface area contributed by atoms with Crippen molar-refractivity contribution in [2.24, 2.45) is 23.7 Å². The number of halogens is 4. The van der Waals surface area contributed by atoms with Gasteiger partial charge in [0.1, 0.15) is 0 Å². The summed E-state index contributed by atoms with van der Waals surface area (Å²) < 4.78 is 1.66. The molecule has 0 unspecified atom stereocenters. The number of nitrogens with zero attached hydrogens (tertiary/aromatic N) is 2. The predicted molar refractivity (Wildman–Crippen MR) is 155 cm³/mol. The van der Waals surface area contributed by atoms with Gasteiger partial charge in [-0.15, -0.1) is 0 Å². The molecule has 4 aliphatic rings. The molecule has 4 aliphatic carbocycles. The maximum absolute atomic E-state index is 13.3. The van der Waals surface area contributed by atoms with Crippen molar-refractivity contribution in [2.45, 2.75) is 45.1 Å². The van der Waals surface area contributed by atoms with Crippen LogP contribution in [0.1, 0.15) is 48.2 Å². The van der Waals surface area contributed by atoms with E-state index >= 15 is 0 Å². The maximum atomic E-state index is 13.3. The summed E-state index contributed by atoms with van der Waals surface area (Å²) >= 11 is 25.4. The van der Waals surface area contributed by atoms with E-state index in [2.05, 4.69) is 10.6 Å². The van der Waals surface area contributed by atoms with Gasteiger partial charge in [-0.1, -0.05) is 46.4 Å². The van der Waals surface area contributed by atoms with Crippen LogP contribution in [0.5, 0.6) is 0 Å². The molecular weight excluding hydrogens is 562 g/mol. The average Bonchev–Trinajstić information content (AvgIpc) is 3.19. The third kappa shape index (κ3) is 4.97. The number of hydrogen-bond donors (Lipinski definition) is 2. The third-order valence-electron chi connectivity index (χ3n) is 8.68. The van der Waals surface area contributed by atoms with Gasteiger partial charge in [-0.05, 0) is 99.1 Å². The highest BCUT2D eigenvalue weighted by molar-refractivity contribution is 6.37. The molecule has 3 aromatic rings. The largest absolute Gasteiger partial charge is 0.349 e. The number of hydrogen-bond acceptors (Lipinski definition) is 3. The van der Waals surface area contributed by atoms with Gasteiger partial charge in [0.15, 0.2) is 5.69 Å². The van der Waals surface area contributed by atoms with Gasteiger partial charge in [0, 0.05) is 40.3 Å². The third-order valence-corrected chi connectivity index (χ3v) is 9.76. The number of aromatic nitrogens is 2. The molecule has 5 nitrogen and oxygen atoms in total. The minimum absolute atomic E-state index is 0.232. The number of carbonyl (C=O) groups is 1. The first kappa shape index (κ1) is 26.5. The zero-order valence-corrected chi connectivity index (χ0v) is 24.1. The van der Waals surface area contributed by atoms with Crippen molar-refractivity contribution >= 4 is 52.3 Å².